The normalized spacial score (nSPS) is 10.8. The molecule has 18 heavy (non-hydrogen) atoms. The number of aryl methyl sites for hydroxylation is 1. The Bertz CT molecular complexity index is 523. The standard InChI is InChI=1S/C13H15F2N3/c1-2-18-11(6-7-17-18)9-16-8-10-4-3-5-12(14)13(10)15/h3-7,16H,2,8-9H2,1H3. The van der Waals surface area contributed by atoms with Crippen LogP contribution in [0.25, 0.3) is 0 Å². The zero-order chi connectivity index (χ0) is 13.0. The lowest BCUT2D eigenvalue weighted by atomic mass is 10.2. The minimum absolute atomic E-state index is 0.290. The molecule has 0 saturated carbocycles. The summed E-state index contributed by atoms with van der Waals surface area (Å²) in [5, 5.41) is 7.21. The molecule has 0 spiro atoms. The van der Waals surface area contributed by atoms with Gasteiger partial charge in [0.1, 0.15) is 0 Å². The van der Waals surface area contributed by atoms with Crippen LogP contribution in [0.2, 0.25) is 0 Å². The molecule has 3 nitrogen and oxygen atoms in total. The van der Waals surface area contributed by atoms with Gasteiger partial charge >= 0.3 is 0 Å². The van der Waals surface area contributed by atoms with Gasteiger partial charge in [-0.2, -0.15) is 5.10 Å². The molecule has 1 aromatic carbocycles. The Balaban J connectivity index is 1.94. The first kappa shape index (κ1) is 12.7. The quantitative estimate of drug-likeness (QED) is 0.884. The molecule has 1 heterocycles. The summed E-state index contributed by atoms with van der Waals surface area (Å²) in [5.74, 6) is -1.60. The zero-order valence-electron chi connectivity index (χ0n) is 10.2. The van der Waals surface area contributed by atoms with E-state index in [1.165, 1.54) is 6.07 Å². The molecule has 0 bridgehead atoms. The summed E-state index contributed by atoms with van der Waals surface area (Å²) in [7, 11) is 0. The Morgan fingerprint density at radius 1 is 1.22 bits per heavy atom. The van der Waals surface area contributed by atoms with E-state index in [1.807, 2.05) is 17.7 Å². The Hall–Kier alpha value is -1.75. The van der Waals surface area contributed by atoms with Crippen LogP contribution in [-0.4, -0.2) is 9.78 Å². The molecule has 0 aliphatic carbocycles. The first-order valence-corrected chi connectivity index (χ1v) is 5.86. The van der Waals surface area contributed by atoms with E-state index in [1.54, 1.807) is 12.3 Å². The van der Waals surface area contributed by atoms with Crippen molar-refractivity contribution in [1.82, 2.24) is 15.1 Å². The van der Waals surface area contributed by atoms with Gasteiger partial charge in [-0.25, -0.2) is 8.78 Å². The molecule has 0 aliphatic heterocycles. The van der Waals surface area contributed by atoms with Gasteiger partial charge in [0, 0.05) is 31.4 Å². The molecule has 0 fully saturated rings. The molecule has 0 aliphatic rings. The number of nitrogens with one attached hydrogen (secondary N) is 1. The van der Waals surface area contributed by atoms with Gasteiger partial charge in [-0.15, -0.1) is 0 Å². The van der Waals surface area contributed by atoms with Gasteiger partial charge in [0.05, 0.1) is 5.69 Å². The Labute approximate surface area is 104 Å². The average Bonchev–Trinajstić information content (AvgIpc) is 2.82. The van der Waals surface area contributed by atoms with Crippen molar-refractivity contribution in [1.29, 1.82) is 0 Å². The maximum atomic E-state index is 13.4. The van der Waals surface area contributed by atoms with E-state index in [9.17, 15) is 8.78 Å². The first-order chi connectivity index (χ1) is 8.72. The van der Waals surface area contributed by atoms with Crippen molar-refractivity contribution in [3.8, 4) is 0 Å². The Morgan fingerprint density at radius 3 is 2.83 bits per heavy atom. The summed E-state index contributed by atoms with van der Waals surface area (Å²) < 4.78 is 28.2. The minimum atomic E-state index is -0.812. The second-order valence-electron chi connectivity index (χ2n) is 3.95. The van der Waals surface area contributed by atoms with Crippen molar-refractivity contribution in [2.75, 3.05) is 0 Å². The number of benzene rings is 1. The Morgan fingerprint density at radius 2 is 2.06 bits per heavy atom. The van der Waals surface area contributed by atoms with Crippen molar-refractivity contribution in [2.45, 2.75) is 26.6 Å². The first-order valence-electron chi connectivity index (χ1n) is 5.86. The lowest BCUT2D eigenvalue weighted by molar-refractivity contribution is 0.490. The monoisotopic (exact) mass is 251 g/mol. The van der Waals surface area contributed by atoms with Crippen LogP contribution in [0.4, 0.5) is 8.78 Å². The highest BCUT2D eigenvalue weighted by molar-refractivity contribution is 5.18. The van der Waals surface area contributed by atoms with E-state index in [4.69, 9.17) is 0 Å². The van der Waals surface area contributed by atoms with Crippen LogP contribution in [-0.2, 0) is 19.6 Å². The van der Waals surface area contributed by atoms with Gasteiger partial charge in [0.25, 0.3) is 0 Å². The molecule has 2 rings (SSSR count). The predicted molar refractivity (Wildman–Crippen MR) is 64.8 cm³/mol. The maximum Gasteiger partial charge on any atom is 0.163 e. The van der Waals surface area contributed by atoms with Crippen molar-refractivity contribution < 1.29 is 8.78 Å². The van der Waals surface area contributed by atoms with E-state index >= 15 is 0 Å². The van der Waals surface area contributed by atoms with E-state index in [0.29, 0.717) is 18.7 Å². The highest BCUT2D eigenvalue weighted by Gasteiger charge is 2.07. The number of hydrogen-bond donors (Lipinski definition) is 1. The molecule has 1 N–H and O–H groups in total. The molecule has 96 valence electrons. The molecule has 1 aromatic heterocycles. The van der Waals surface area contributed by atoms with Crippen LogP contribution in [0.1, 0.15) is 18.2 Å². The van der Waals surface area contributed by atoms with Crippen LogP contribution in [0.5, 0.6) is 0 Å². The van der Waals surface area contributed by atoms with Crippen molar-refractivity contribution in [3.63, 3.8) is 0 Å². The largest absolute Gasteiger partial charge is 0.307 e. The van der Waals surface area contributed by atoms with Crippen LogP contribution >= 0.6 is 0 Å². The third-order valence-electron chi connectivity index (χ3n) is 2.76. The van der Waals surface area contributed by atoms with Crippen LogP contribution < -0.4 is 5.32 Å². The van der Waals surface area contributed by atoms with E-state index < -0.39 is 11.6 Å². The predicted octanol–water partition coefficient (Wildman–Crippen LogP) is 2.47. The van der Waals surface area contributed by atoms with Crippen molar-refractivity contribution >= 4 is 0 Å². The highest BCUT2D eigenvalue weighted by atomic mass is 19.2. The number of nitrogens with zero attached hydrogens (tertiary/aromatic N) is 2. The van der Waals surface area contributed by atoms with Gasteiger partial charge in [-0.1, -0.05) is 12.1 Å². The van der Waals surface area contributed by atoms with Gasteiger partial charge in [0.15, 0.2) is 11.6 Å². The maximum absolute atomic E-state index is 13.4. The Kier molecular flexibility index (Phi) is 4.04. The summed E-state index contributed by atoms with van der Waals surface area (Å²) >= 11 is 0. The molecular weight excluding hydrogens is 236 g/mol. The van der Waals surface area contributed by atoms with Gasteiger partial charge in [0.2, 0.25) is 0 Å². The van der Waals surface area contributed by atoms with Crippen LogP contribution in [0.15, 0.2) is 30.5 Å². The summed E-state index contributed by atoms with van der Waals surface area (Å²) in [6.07, 6.45) is 1.73. The molecule has 0 radical (unpaired) electrons. The lowest BCUT2D eigenvalue weighted by Crippen LogP contribution is -2.17. The second-order valence-corrected chi connectivity index (χ2v) is 3.95. The summed E-state index contributed by atoms with van der Waals surface area (Å²) in [5.41, 5.74) is 1.35. The fourth-order valence-electron chi connectivity index (χ4n) is 1.81. The molecule has 5 heteroatoms. The van der Waals surface area contributed by atoms with Crippen molar-refractivity contribution in [3.05, 3.63) is 53.4 Å². The van der Waals surface area contributed by atoms with Crippen LogP contribution in [0, 0.1) is 11.6 Å². The lowest BCUT2D eigenvalue weighted by Gasteiger charge is -2.08. The third kappa shape index (κ3) is 2.73. The van der Waals surface area contributed by atoms with Gasteiger partial charge in [-0.3, -0.25) is 4.68 Å². The molecule has 0 saturated heterocycles. The van der Waals surface area contributed by atoms with Gasteiger partial charge in [-0.05, 0) is 19.1 Å². The molecule has 0 unspecified atom stereocenters. The number of aromatic nitrogens is 2. The topological polar surface area (TPSA) is 29.9 Å². The number of rotatable bonds is 5. The summed E-state index contributed by atoms with van der Waals surface area (Å²) in [6, 6.07) is 6.09. The highest BCUT2D eigenvalue weighted by Crippen LogP contribution is 2.11. The third-order valence-corrected chi connectivity index (χ3v) is 2.76. The SMILES string of the molecule is CCn1nccc1CNCc1cccc(F)c1F. The van der Waals surface area contributed by atoms with Crippen molar-refractivity contribution in [2.24, 2.45) is 0 Å². The second kappa shape index (κ2) is 5.73. The minimum Gasteiger partial charge on any atom is -0.307 e. The fraction of sp³-hybridized carbons (Fsp3) is 0.308. The molecular formula is C13H15F2N3. The molecule has 0 amide bonds. The molecule has 0 atom stereocenters. The van der Waals surface area contributed by atoms with Gasteiger partial charge < -0.3 is 5.32 Å². The smallest absolute Gasteiger partial charge is 0.163 e. The number of hydrogen-bond acceptors (Lipinski definition) is 2. The fourth-order valence-corrected chi connectivity index (χ4v) is 1.81. The van der Waals surface area contributed by atoms with E-state index in [2.05, 4.69) is 10.4 Å². The molecule has 2 aromatic rings. The van der Waals surface area contributed by atoms with E-state index in [0.717, 1.165) is 18.3 Å². The zero-order valence-corrected chi connectivity index (χ0v) is 10.2. The summed E-state index contributed by atoms with van der Waals surface area (Å²) in [4.78, 5) is 0. The van der Waals surface area contributed by atoms with E-state index in [-0.39, 0.29) is 0 Å². The summed E-state index contributed by atoms with van der Waals surface area (Å²) in [6.45, 7) is 3.66. The average molecular weight is 251 g/mol. The number of halogens is 2. The van der Waals surface area contributed by atoms with Crippen LogP contribution in [0.3, 0.4) is 0 Å².